The number of hydrogen-bond donors (Lipinski definition) is 3. The van der Waals surface area contributed by atoms with Crippen LogP contribution in [0.5, 0.6) is 11.5 Å². The summed E-state index contributed by atoms with van der Waals surface area (Å²) in [6.07, 6.45) is -0.536. The molecule has 11 heteroatoms. The molecule has 1 unspecified atom stereocenters. The van der Waals surface area contributed by atoms with Crippen LogP contribution in [0.25, 0.3) is 0 Å². The summed E-state index contributed by atoms with van der Waals surface area (Å²) in [7, 11) is 0. The van der Waals surface area contributed by atoms with Crippen LogP contribution >= 0.6 is 23.2 Å². The van der Waals surface area contributed by atoms with Gasteiger partial charge in [-0.3, -0.25) is 9.59 Å². The zero-order chi connectivity index (χ0) is 24.7. The van der Waals surface area contributed by atoms with Gasteiger partial charge in [-0.2, -0.15) is 0 Å². The van der Waals surface area contributed by atoms with Crippen molar-refractivity contribution in [2.24, 2.45) is 0 Å². The van der Waals surface area contributed by atoms with Crippen LogP contribution in [-0.4, -0.2) is 55.9 Å². The van der Waals surface area contributed by atoms with E-state index in [1.54, 1.807) is 18.2 Å². The minimum absolute atomic E-state index is 0.0364. The van der Waals surface area contributed by atoms with Gasteiger partial charge in [0.25, 0.3) is 11.8 Å². The number of halogens is 3. The van der Waals surface area contributed by atoms with Gasteiger partial charge in [0.2, 0.25) is 0 Å². The summed E-state index contributed by atoms with van der Waals surface area (Å²) in [5.74, 6) is -0.781. The number of carbonyl (C=O) groups excluding carboxylic acids is 2. The highest BCUT2D eigenvalue weighted by molar-refractivity contribution is 6.31. The van der Waals surface area contributed by atoms with Crippen LogP contribution in [0.4, 0.5) is 10.1 Å². The average Bonchev–Trinajstić information content (AvgIpc) is 2.80. The first-order valence-corrected chi connectivity index (χ1v) is 11.2. The number of nitrogens with one attached hydrogen (secondary N) is 2. The molecule has 2 aromatic rings. The molecule has 3 N–H and O–H groups in total. The van der Waals surface area contributed by atoms with Gasteiger partial charge >= 0.3 is 0 Å². The summed E-state index contributed by atoms with van der Waals surface area (Å²) in [5, 5.41) is 15.2. The number of ether oxygens (including phenoxy) is 2. The first-order valence-electron chi connectivity index (χ1n) is 10.4. The van der Waals surface area contributed by atoms with Crippen molar-refractivity contribution in [2.75, 3.05) is 37.7 Å². The molecule has 0 spiro atoms. The van der Waals surface area contributed by atoms with Crippen molar-refractivity contribution in [1.29, 1.82) is 0 Å². The Morgan fingerprint density at radius 3 is 2.79 bits per heavy atom. The highest BCUT2D eigenvalue weighted by Crippen LogP contribution is 2.35. The second-order valence-corrected chi connectivity index (χ2v) is 8.29. The van der Waals surface area contributed by atoms with Gasteiger partial charge < -0.3 is 30.1 Å². The summed E-state index contributed by atoms with van der Waals surface area (Å²) < 4.78 is 24.4. The average molecular weight is 512 g/mol. The Balaban J connectivity index is 1.43. The lowest BCUT2D eigenvalue weighted by atomic mass is 10.1. The van der Waals surface area contributed by atoms with Crippen molar-refractivity contribution in [2.45, 2.75) is 12.5 Å². The van der Waals surface area contributed by atoms with Crippen LogP contribution < -0.4 is 25.0 Å². The standard InChI is InChI=1S/C23H24Cl2FN3O5/c1-14(6-7-27-22(31)13-33-16-3-4-17(25)18(26)11-16)28-23(32)21-12-29(8-9-30)19-10-15(24)2-5-20(19)34-21/h2-5,10-11,21,30H,1,6-9,12-13H2,(H,27,31)(H,28,32). The number of carbonyl (C=O) groups is 2. The lowest BCUT2D eigenvalue weighted by Crippen LogP contribution is -2.49. The first-order chi connectivity index (χ1) is 16.3. The maximum atomic E-state index is 13.4. The van der Waals surface area contributed by atoms with Crippen LogP contribution in [0, 0.1) is 5.82 Å². The summed E-state index contributed by atoms with van der Waals surface area (Å²) in [6, 6.07) is 8.94. The van der Waals surface area contributed by atoms with Gasteiger partial charge in [0, 0.05) is 36.3 Å². The Bertz CT molecular complexity index is 1070. The van der Waals surface area contributed by atoms with Gasteiger partial charge in [0.15, 0.2) is 12.7 Å². The first kappa shape index (κ1) is 25.6. The molecule has 0 radical (unpaired) electrons. The molecular weight excluding hydrogens is 488 g/mol. The highest BCUT2D eigenvalue weighted by Gasteiger charge is 2.31. The Labute approximate surface area is 206 Å². The van der Waals surface area contributed by atoms with E-state index in [1.165, 1.54) is 12.1 Å². The Morgan fingerprint density at radius 2 is 2.06 bits per heavy atom. The molecule has 1 aliphatic rings. The van der Waals surface area contributed by atoms with Crippen LogP contribution in [-0.2, 0) is 9.59 Å². The molecule has 0 bridgehead atoms. The number of anilines is 1. The number of benzene rings is 2. The van der Waals surface area contributed by atoms with Crippen molar-refractivity contribution in [3.05, 3.63) is 64.5 Å². The molecule has 0 fully saturated rings. The molecule has 3 rings (SSSR count). The number of aliphatic hydroxyl groups is 1. The zero-order valence-corrected chi connectivity index (χ0v) is 19.7. The highest BCUT2D eigenvalue weighted by atomic mass is 35.5. The number of amides is 2. The van der Waals surface area contributed by atoms with E-state index in [4.69, 9.17) is 32.7 Å². The number of nitrogens with zero attached hydrogens (tertiary/aromatic N) is 1. The van der Waals surface area contributed by atoms with Gasteiger partial charge in [-0.15, -0.1) is 0 Å². The van der Waals surface area contributed by atoms with Crippen molar-refractivity contribution in [1.82, 2.24) is 10.6 Å². The van der Waals surface area contributed by atoms with Gasteiger partial charge in [-0.25, -0.2) is 4.39 Å². The number of hydrogen-bond acceptors (Lipinski definition) is 6. The molecule has 1 atom stereocenters. The van der Waals surface area contributed by atoms with Gasteiger partial charge in [-0.1, -0.05) is 29.8 Å². The lowest BCUT2D eigenvalue weighted by Gasteiger charge is -2.35. The molecule has 182 valence electrons. The fraction of sp³-hybridized carbons (Fsp3) is 0.304. The SMILES string of the molecule is C=C(CCNC(=O)COc1ccc(Cl)c(F)c1)NC(=O)C1CN(CCO)c2cc(Cl)ccc2O1. The molecule has 2 aromatic carbocycles. The van der Waals surface area contributed by atoms with E-state index in [2.05, 4.69) is 17.2 Å². The molecule has 1 aliphatic heterocycles. The fourth-order valence-electron chi connectivity index (χ4n) is 3.23. The maximum Gasteiger partial charge on any atom is 0.267 e. The number of aliphatic hydroxyl groups excluding tert-OH is 1. The summed E-state index contributed by atoms with van der Waals surface area (Å²) in [6.45, 7) is 4.17. The Morgan fingerprint density at radius 1 is 1.26 bits per heavy atom. The van der Waals surface area contributed by atoms with Gasteiger partial charge in [0.1, 0.15) is 17.3 Å². The summed E-state index contributed by atoms with van der Waals surface area (Å²) in [4.78, 5) is 26.4. The molecule has 0 saturated heterocycles. The third kappa shape index (κ3) is 6.99. The zero-order valence-electron chi connectivity index (χ0n) is 18.2. The molecule has 1 heterocycles. The van der Waals surface area contributed by atoms with E-state index in [1.807, 2.05) is 4.90 Å². The van der Waals surface area contributed by atoms with Crippen molar-refractivity contribution in [3.63, 3.8) is 0 Å². The smallest absolute Gasteiger partial charge is 0.267 e. The minimum Gasteiger partial charge on any atom is -0.484 e. The molecule has 34 heavy (non-hydrogen) atoms. The molecule has 0 aromatic heterocycles. The quantitative estimate of drug-likeness (QED) is 0.453. The Hall–Kier alpha value is -3.01. The summed E-state index contributed by atoms with van der Waals surface area (Å²) in [5.41, 5.74) is 1.10. The maximum absolute atomic E-state index is 13.4. The fourth-order valence-corrected chi connectivity index (χ4v) is 3.52. The normalized spacial score (nSPS) is 14.6. The van der Waals surface area contributed by atoms with Crippen LogP contribution in [0.1, 0.15) is 6.42 Å². The van der Waals surface area contributed by atoms with Gasteiger partial charge in [-0.05, 0) is 30.3 Å². The van der Waals surface area contributed by atoms with Crippen LogP contribution in [0.15, 0.2) is 48.7 Å². The van der Waals surface area contributed by atoms with E-state index in [9.17, 15) is 19.1 Å². The largest absolute Gasteiger partial charge is 0.484 e. The second kappa shape index (κ2) is 11.9. The number of fused-ring (bicyclic) bond motifs is 1. The number of β-amino-alcohol motifs (C(OH)–C–C–N with tert-alkyl or cyclic N) is 1. The molecular formula is C23H24Cl2FN3O5. The summed E-state index contributed by atoms with van der Waals surface area (Å²) >= 11 is 11.7. The molecule has 0 aliphatic carbocycles. The van der Waals surface area contributed by atoms with E-state index in [0.29, 0.717) is 28.7 Å². The number of rotatable bonds is 10. The predicted octanol–water partition coefficient (Wildman–Crippen LogP) is 2.91. The second-order valence-electron chi connectivity index (χ2n) is 7.45. The molecule has 0 saturated carbocycles. The van der Waals surface area contributed by atoms with Crippen molar-refractivity contribution in [3.8, 4) is 11.5 Å². The van der Waals surface area contributed by atoms with Crippen molar-refractivity contribution >= 4 is 40.7 Å². The van der Waals surface area contributed by atoms with E-state index >= 15 is 0 Å². The van der Waals surface area contributed by atoms with Crippen LogP contribution in [0.2, 0.25) is 10.0 Å². The van der Waals surface area contributed by atoms with Gasteiger partial charge in [0.05, 0.1) is 23.9 Å². The van der Waals surface area contributed by atoms with Crippen LogP contribution in [0.3, 0.4) is 0 Å². The molecule has 8 nitrogen and oxygen atoms in total. The van der Waals surface area contributed by atoms with E-state index in [-0.39, 0.29) is 43.5 Å². The monoisotopic (exact) mass is 511 g/mol. The molecule has 2 amide bonds. The topological polar surface area (TPSA) is 100 Å². The predicted molar refractivity (Wildman–Crippen MR) is 127 cm³/mol. The van der Waals surface area contributed by atoms with E-state index in [0.717, 1.165) is 6.07 Å². The third-order valence-electron chi connectivity index (χ3n) is 4.89. The minimum atomic E-state index is -0.820. The Kier molecular flexibility index (Phi) is 8.98. The third-order valence-corrected chi connectivity index (χ3v) is 5.43. The lowest BCUT2D eigenvalue weighted by molar-refractivity contribution is -0.127. The van der Waals surface area contributed by atoms with Crippen molar-refractivity contribution < 1.29 is 28.6 Å². The van der Waals surface area contributed by atoms with E-state index < -0.39 is 23.7 Å².